The molecule has 1 aromatic heterocycles. The van der Waals surface area contributed by atoms with Crippen LogP contribution in [0.15, 0.2) is 78.9 Å². The van der Waals surface area contributed by atoms with Gasteiger partial charge in [0, 0.05) is 16.5 Å². The van der Waals surface area contributed by atoms with Crippen LogP contribution in [0.1, 0.15) is 116 Å². The minimum Gasteiger partial charge on any atom is -0.309 e. The SMILES string of the molecule is CC(C)(C)c1cc(Cc2cccc3c2c2c(C(C)(C)C)c(C(C)(C)C)ccc2n3-c2ccccc2)cc(C(C)(C)C)c1. The van der Waals surface area contributed by atoms with Crippen molar-refractivity contribution in [2.24, 2.45) is 0 Å². The minimum atomic E-state index is -0.0173. The summed E-state index contributed by atoms with van der Waals surface area (Å²) in [4.78, 5) is 0. The van der Waals surface area contributed by atoms with Crippen LogP contribution >= 0.6 is 0 Å². The van der Waals surface area contributed by atoms with Gasteiger partial charge in [-0.25, -0.2) is 0 Å². The lowest BCUT2D eigenvalue weighted by Gasteiger charge is -2.31. The van der Waals surface area contributed by atoms with Crippen molar-refractivity contribution in [1.29, 1.82) is 0 Å². The zero-order chi connectivity index (χ0) is 30.8. The van der Waals surface area contributed by atoms with E-state index in [9.17, 15) is 0 Å². The van der Waals surface area contributed by atoms with Gasteiger partial charge in [-0.15, -0.1) is 0 Å². The quantitative estimate of drug-likeness (QED) is 0.208. The summed E-state index contributed by atoms with van der Waals surface area (Å²) in [6.07, 6.45) is 0.904. The van der Waals surface area contributed by atoms with Gasteiger partial charge < -0.3 is 4.57 Å². The molecule has 0 aliphatic rings. The molecule has 0 saturated carbocycles. The van der Waals surface area contributed by atoms with Gasteiger partial charge in [-0.05, 0) is 85.7 Å². The molecule has 0 radical (unpaired) electrons. The van der Waals surface area contributed by atoms with Crippen molar-refractivity contribution in [3.05, 3.63) is 112 Å². The van der Waals surface area contributed by atoms with Crippen molar-refractivity contribution in [2.75, 3.05) is 0 Å². The lowest BCUT2D eigenvalue weighted by Crippen LogP contribution is -2.22. The average molecular weight is 558 g/mol. The highest BCUT2D eigenvalue weighted by Crippen LogP contribution is 2.45. The minimum absolute atomic E-state index is 0.0173. The molecule has 0 N–H and O–H groups in total. The van der Waals surface area contributed by atoms with Crippen molar-refractivity contribution in [3.63, 3.8) is 0 Å². The van der Waals surface area contributed by atoms with Crippen LogP contribution in [0.3, 0.4) is 0 Å². The fourth-order valence-electron chi connectivity index (χ4n) is 6.51. The Morgan fingerprint density at radius 3 is 1.60 bits per heavy atom. The first-order valence-electron chi connectivity index (χ1n) is 15.7. The van der Waals surface area contributed by atoms with Crippen LogP contribution in [0, 0.1) is 0 Å². The van der Waals surface area contributed by atoms with E-state index < -0.39 is 0 Å². The maximum absolute atomic E-state index is 2.49. The number of fused-ring (bicyclic) bond motifs is 3. The highest BCUT2D eigenvalue weighted by atomic mass is 15.0. The molecular weight excluding hydrogens is 506 g/mol. The van der Waals surface area contributed by atoms with E-state index in [1.54, 1.807) is 0 Å². The molecule has 1 nitrogen and oxygen atoms in total. The first-order valence-corrected chi connectivity index (χ1v) is 15.7. The summed E-state index contributed by atoms with van der Waals surface area (Å²) in [5.41, 5.74) is 12.5. The van der Waals surface area contributed by atoms with Crippen LogP contribution in [-0.2, 0) is 28.1 Å². The predicted molar refractivity (Wildman–Crippen MR) is 185 cm³/mol. The Kier molecular flexibility index (Phi) is 7.28. The summed E-state index contributed by atoms with van der Waals surface area (Å²) >= 11 is 0. The van der Waals surface area contributed by atoms with E-state index in [-0.39, 0.29) is 21.7 Å². The molecule has 4 aromatic carbocycles. The van der Waals surface area contributed by atoms with Gasteiger partial charge in [0.05, 0.1) is 11.0 Å². The Bertz CT molecular complexity index is 1720. The van der Waals surface area contributed by atoms with Gasteiger partial charge in [0.25, 0.3) is 0 Å². The Balaban J connectivity index is 1.90. The number of para-hydroxylation sites is 1. The van der Waals surface area contributed by atoms with E-state index in [0.29, 0.717) is 0 Å². The van der Waals surface area contributed by atoms with Gasteiger partial charge >= 0.3 is 0 Å². The summed E-state index contributed by atoms with van der Waals surface area (Å²) in [7, 11) is 0. The zero-order valence-electron chi connectivity index (χ0n) is 28.2. The molecular formula is C41H51N. The van der Waals surface area contributed by atoms with E-state index in [1.165, 1.54) is 60.9 Å². The third-order valence-corrected chi connectivity index (χ3v) is 8.74. The number of rotatable bonds is 3. The number of hydrogen-bond acceptors (Lipinski definition) is 0. The van der Waals surface area contributed by atoms with Crippen molar-refractivity contribution >= 4 is 21.8 Å². The monoisotopic (exact) mass is 557 g/mol. The number of benzene rings is 4. The second-order valence-electron chi connectivity index (χ2n) is 16.5. The fourth-order valence-corrected chi connectivity index (χ4v) is 6.51. The van der Waals surface area contributed by atoms with Crippen LogP contribution in [0.2, 0.25) is 0 Å². The molecule has 0 fully saturated rings. The van der Waals surface area contributed by atoms with Crippen molar-refractivity contribution in [2.45, 2.75) is 111 Å². The summed E-state index contributed by atoms with van der Waals surface area (Å²) < 4.78 is 2.49. The molecule has 5 aromatic rings. The molecule has 42 heavy (non-hydrogen) atoms. The molecule has 0 saturated heterocycles. The number of nitrogens with zero attached hydrogens (tertiary/aromatic N) is 1. The highest BCUT2D eigenvalue weighted by molar-refractivity contribution is 6.13. The smallest absolute Gasteiger partial charge is 0.0544 e. The molecule has 5 rings (SSSR count). The summed E-state index contributed by atoms with van der Waals surface area (Å²) in [5.74, 6) is 0. The standard InChI is InChI=1S/C41H51N/c1-38(2,3)29-24-27(25-30(26-29)39(4,5)6)23-28-17-16-20-33-35(28)36-34(42(33)31-18-14-13-15-19-31)22-21-32(40(7,8)9)37(36)41(10,11)12/h13-22,24-26H,23H2,1-12H3. The first kappa shape index (κ1) is 30.1. The maximum atomic E-state index is 2.49. The molecule has 0 atom stereocenters. The van der Waals surface area contributed by atoms with Crippen LogP contribution in [0.25, 0.3) is 27.5 Å². The van der Waals surface area contributed by atoms with Crippen LogP contribution < -0.4 is 0 Å². The Labute approximate surface area is 255 Å². The van der Waals surface area contributed by atoms with Crippen molar-refractivity contribution in [3.8, 4) is 5.69 Å². The van der Waals surface area contributed by atoms with Gasteiger partial charge in [-0.1, -0.05) is 138 Å². The Hall–Kier alpha value is -3.32. The predicted octanol–water partition coefficient (Wildman–Crippen LogP) is 11.6. The normalized spacial score (nSPS) is 13.3. The van der Waals surface area contributed by atoms with Crippen LogP contribution in [0.5, 0.6) is 0 Å². The number of hydrogen-bond donors (Lipinski definition) is 0. The van der Waals surface area contributed by atoms with E-state index in [2.05, 4.69) is 167 Å². The highest BCUT2D eigenvalue weighted by Gasteiger charge is 2.30. The van der Waals surface area contributed by atoms with E-state index in [4.69, 9.17) is 0 Å². The lowest BCUT2D eigenvalue weighted by atomic mass is 9.73. The third kappa shape index (κ3) is 5.56. The first-order chi connectivity index (χ1) is 19.4. The Morgan fingerprint density at radius 2 is 1.07 bits per heavy atom. The third-order valence-electron chi connectivity index (χ3n) is 8.74. The van der Waals surface area contributed by atoms with E-state index in [1.807, 2.05) is 0 Å². The Morgan fingerprint density at radius 1 is 0.500 bits per heavy atom. The molecule has 0 amide bonds. The summed E-state index contributed by atoms with van der Waals surface area (Å²) in [6.45, 7) is 28.2. The maximum Gasteiger partial charge on any atom is 0.0544 e. The van der Waals surface area contributed by atoms with E-state index >= 15 is 0 Å². The second kappa shape index (κ2) is 10.1. The molecule has 0 aliphatic heterocycles. The van der Waals surface area contributed by atoms with Crippen molar-refractivity contribution in [1.82, 2.24) is 4.57 Å². The van der Waals surface area contributed by atoms with Crippen molar-refractivity contribution < 1.29 is 0 Å². The van der Waals surface area contributed by atoms with Gasteiger partial charge in [-0.3, -0.25) is 0 Å². The number of aromatic nitrogens is 1. The average Bonchev–Trinajstić information content (AvgIpc) is 3.21. The summed E-state index contributed by atoms with van der Waals surface area (Å²) in [5, 5.41) is 2.80. The van der Waals surface area contributed by atoms with Gasteiger partial charge in [-0.2, -0.15) is 0 Å². The topological polar surface area (TPSA) is 4.93 Å². The largest absolute Gasteiger partial charge is 0.309 e. The molecule has 1 heterocycles. The van der Waals surface area contributed by atoms with Crippen LogP contribution in [-0.4, -0.2) is 4.57 Å². The molecule has 0 bridgehead atoms. The van der Waals surface area contributed by atoms with Gasteiger partial charge in [0.15, 0.2) is 0 Å². The fraction of sp³-hybridized carbons (Fsp3) is 0.415. The molecule has 1 heteroatoms. The molecule has 220 valence electrons. The van der Waals surface area contributed by atoms with Crippen LogP contribution in [0.4, 0.5) is 0 Å². The molecule has 0 spiro atoms. The lowest BCUT2D eigenvalue weighted by molar-refractivity contribution is 0.535. The van der Waals surface area contributed by atoms with Gasteiger partial charge in [0.2, 0.25) is 0 Å². The zero-order valence-corrected chi connectivity index (χ0v) is 28.2. The summed E-state index contributed by atoms with van der Waals surface area (Å²) in [6, 6.07) is 29.9. The molecule has 0 unspecified atom stereocenters. The van der Waals surface area contributed by atoms with E-state index in [0.717, 1.165) is 6.42 Å². The van der Waals surface area contributed by atoms with Gasteiger partial charge in [0.1, 0.15) is 0 Å². The molecule has 0 aliphatic carbocycles. The second-order valence-corrected chi connectivity index (χ2v) is 16.5.